The van der Waals surface area contributed by atoms with E-state index in [9.17, 15) is 15.0 Å². The van der Waals surface area contributed by atoms with Crippen LogP contribution in [0.2, 0.25) is 0 Å². The number of aliphatic hydroxyl groups is 2. The largest absolute Gasteiger partial charge is 0.479 e. The summed E-state index contributed by atoms with van der Waals surface area (Å²) in [5, 5.41) is 27.5. The molecular weight excluding hydrogens is 196 g/mol. The molecule has 0 aromatic rings. The van der Waals surface area contributed by atoms with Gasteiger partial charge >= 0.3 is 5.97 Å². The molecule has 0 aliphatic heterocycles. The summed E-state index contributed by atoms with van der Waals surface area (Å²) in [4.78, 5) is 10.5. The summed E-state index contributed by atoms with van der Waals surface area (Å²) in [5.41, 5.74) is 0. The van der Waals surface area contributed by atoms with Crippen LogP contribution in [0.5, 0.6) is 0 Å². The van der Waals surface area contributed by atoms with Crippen molar-refractivity contribution < 1.29 is 20.1 Å². The van der Waals surface area contributed by atoms with E-state index in [1.807, 2.05) is 6.92 Å². The molecule has 0 saturated heterocycles. The van der Waals surface area contributed by atoms with E-state index in [0.29, 0.717) is 5.92 Å². The number of rotatable bonds is 4. The van der Waals surface area contributed by atoms with Crippen LogP contribution >= 0.6 is 0 Å². The van der Waals surface area contributed by atoms with Crippen molar-refractivity contribution in [2.75, 3.05) is 0 Å². The lowest BCUT2D eigenvalue weighted by atomic mass is 9.77. The Labute approximate surface area is 89.9 Å². The van der Waals surface area contributed by atoms with Gasteiger partial charge in [-0.1, -0.05) is 39.0 Å². The van der Waals surface area contributed by atoms with Crippen molar-refractivity contribution in [2.24, 2.45) is 11.8 Å². The number of hydrogen-bond acceptors (Lipinski definition) is 3. The average molecular weight is 216 g/mol. The standard InChI is InChI=1S/C11H20O4/c1-7(8-5-3-2-4-6-8)9(12)10(13)11(14)15/h7-10,12-13H,2-6H2,1H3,(H,14,15). The zero-order valence-corrected chi connectivity index (χ0v) is 9.09. The molecular formula is C11H20O4. The van der Waals surface area contributed by atoms with E-state index in [1.165, 1.54) is 6.42 Å². The summed E-state index contributed by atoms with van der Waals surface area (Å²) in [6.07, 6.45) is 2.78. The van der Waals surface area contributed by atoms with Gasteiger partial charge in [-0.2, -0.15) is 0 Å². The van der Waals surface area contributed by atoms with Crippen LogP contribution < -0.4 is 0 Å². The normalized spacial score (nSPS) is 24.5. The number of aliphatic hydroxyl groups excluding tert-OH is 2. The third kappa shape index (κ3) is 3.18. The van der Waals surface area contributed by atoms with Crippen molar-refractivity contribution in [3.63, 3.8) is 0 Å². The van der Waals surface area contributed by atoms with Crippen LogP contribution in [0.4, 0.5) is 0 Å². The molecule has 88 valence electrons. The van der Waals surface area contributed by atoms with E-state index in [2.05, 4.69) is 0 Å². The van der Waals surface area contributed by atoms with Gasteiger partial charge in [-0.15, -0.1) is 0 Å². The van der Waals surface area contributed by atoms with Gasteiger partial charge in [0.05, 0.1) is 6.10 Å². The molecule has 0 amide bonds. The number of carboxylic acid groups (broad SMARTS) is 1. The molecule has 4 heteroatoms. The Hall–Kier alpha value is -0.610. The molecule has 0 aromatic carbocycles. The average Bonchev–Trinajstić information content (AvgIpc) is 2.27. The monoisotopic (exact) mass is 216 g/mol. The van der Waals surface area contributed by atoms with E-state index < -0.39 is 18.2 Å². The van der Waals surface area contributed by atoms with Crippen molar-refractivity contribution in [3.8, 4) is 0 Å². The molecule has 0 radical (unpaired) electrons. The summed E-state index contributed by atoms with van der Waals surface area (Å²) < 4.78 is 0. The fourth-order valence-corrected chi connectivity index (χ4v) is 2.37. The van der Waals surface area contributed by atoms with E-state index in [-0.39, 0.29) is 5.92 Å². The smallest absolute Gasteiger partial charge is 0.335 e. The first-order valence-electron chi connectivity index (χ1n) is 5.63. The van der Waals surface area contributed by atoms with Gasteiger partial charge in [0.25, 0.3) is 0 Å². The summed E-state index contributed by atoms with van der Waals surface area (Å²) in [6.45, 7) is 1.83. The Bertz CT molecular complexity index is 211. The highest BCUT2D eigenvalue weighted by Gasteiger charge is 2.33. The number of carbonyl (C=O) groups is 1. The van der Waals surface area contributed by atoms with Gasteiger partial charge in [0.1, 0.15) is 0 Å². The summed E-state index contributed by atoms with van der Waals surface area (Å²) in [5.74, 6) is -1.13. The second-order valence-corrected chi connectivity index (χ2v) is 4.53. The third-order valence-electron chi connectivity index (χ3n) is 3.51. The Balaban J connectivity index is 2.50. The van der Waals surface area contributed by atoms with Crippen molar-refractivity contribution >= 4 is 5.97 Å². The zero-order chi connectivity index (χ0) is 11.4. The summed E-state index contributed by atoms with van der Waals surface area (Å²) >= 11 is 0. The lowest BCUT2D eigenvalue weighted by Gasteiger charge is -2.31. The predicted molar refractivity (Wildman–Crippen MR) is 55.4 cm³/mol. The zero-order valence-electron chi connectivity index (χ0n) is 9.09. The van der Waals surface area contributed by atoms with Crippen LogP contribution in [0.1, 0.15) is 39.0 Å². The van der Waals surface area contributed by atoms with Crippen molar-refractivity contribution in [2.45, 2.75) is 51.2 Å². The lowest BCUT2D eigenvalue weighted by Crippen LogP contribution is -2.41. The fraction of sp³-hybridized carbons (Fsp3) is 0.909. The third-order valence-corrected chi connectivity index (χ3v) is 3.51. The Morgan fingerprint density at radius 2 is 1.73 bits per heavy atom. The van der Waals surface area contributed by atoms with Crippen LogP contribution in [0.3, 0.4) is 0 Å². The summed E-state index contributed by atoms with van der Waals surface area (Å²) in [6, 6.07) is 0. The second-order valence-electron chi connectivity index (χ2n) is 4.53. The molecule has 15 heavy (non-hydrogen) atoms. The number of carboxylic acids is 1. The lowest BCUT2D eigenvalue weighted by molar-refractivity contribution is -0.156. The SMILES string of the molecule is CC(C1CCCCC1)C(O)C(O)C(=O)O. The molecule has 3 N–H and O–H groups in total. The van der Waals surface area contributed by atoms with Gasteiger partial charge in [0, 0.05) is 0 Å². The molecule has 1 aliphatic carbocycles. The van der Waals surface area contributed by atoms with Crippen molar-refractivity contribution in [1.82, 2.24) is 0 Å². The Kier molecular flexibility index (Phi) is 4.54. The maximum atomic E-state index is 10.5. The van der Waals surface area contributed by atoms with E-state index >= 15 is 0 Å². The molecule has 3 atom stereocenters. The van der Waals surface area contributed by atoms with Gasteiger partial charge in [-0.05, 0) is 11.8 Å². The fourth-order valence-electron chi connectivity index (χ4n) is 2.37. The molecule has 0 aromatic heterocycles. The maximum absolute atomic E-state index is 10.5. The molecule has 0 spiro atoms. The highest BCUT2D eigenvalue weighted by Crippen LogP contribution is 2.32. The van der Waals surface area contributed by atoms with Gasteiger partial charge < -0.3 is 15.3 Å². The van der Waals surface area contributed by atoms with Crippen LogP contribution in [-0.4, -0.2) is 33.5 Å². The van der Waals surface area contributed by atoms with E-state index in [1.54, 1.807) is 0 Å². The topological polar surface area (TPSA) is 77.8 Å². The first-order valence-corrected chi connectivity index (χ1v) is 5.63. The van der Waals surface area contributed by atoms with Gasteiger partial charge in [0.2, 0.25) is 0 Å². The van der Waals surface area contributed by atoms with Gasteiger partial charge in [0.15, 0.2) is 6.10 Å². The molecule has 0 heterocycles. The van der Waals surface area contributed by atoms with Crippen molar-refractivity contribution in [1.29, 1.82) is 0 Å². The highest BCUT2D eigenvalue weighted by atomic mass is 16.4. The van der Waals surface area contributed by atoms with Crippen molar-refractivity contribution in [3.05, 3.63) is 0 Å². The Morgan fingerprint density at radius 3 is 2.20 bits per heavy atom. The van der Waals surface area contributed by atoms with Crippen LogP contribution in [0.15, 0.2) is 0 Å². The van der Waals surface area contributed by atoms with Gasteiger partial charge in [-0.3, -0.25) is 0 Å². The first kappa shape index (κ1) is 12.5. The minimum absolute atomic E-state index is 0.142. The van der Waals surface area contributed by atoms with E-state index in [4.69, 9.17) is 5.11 Å². The Morgan fingerprint density at radius 1 is 1.20 bits per heavy atom. The molecule has 3 unspecified atom stereocenters. The quantitative estimate of drug-likeness (QED) is 0.655. The second kappa shape index (κ2) is 5.47. The molecule has 4 nitrogen and oxygen atoms in total. The van der Waals surface area contributed by atoms with E-state index in [0.717, 1.165) is 25.7 Å². The number of hydrogen-bond donors (Lipinski definition) is 3. The first-order chi connectivity index (χ1) is 7.04. The number of aliphatic carboxylic acids is 1. The molecule has 1 rings (SSSR count). The molecule has 1 aliphatic rings. The van der Waals surface area contributed by atoms with Crippen LogP contribution in [0, 0.1) is 11.8 Å². The van der Waals surface area contributed by atoms with Gasteiger partial charge in [-0.25, -0.2) is 4.79 Å². The predicted octanol–water partition coefficient (Wildman–Crippen LogP) is 1.01. The molecule has 0 bridgehead atoms. The minimum Gasteiger partial charge on any atom is -0.479 e. The maximum Gasteiger partial charge on any atom is 0.335 e. The molecule has 1 saturated carbocycles. The van der Waals surface area contributed by atoms with Crippen LogP contribution in [-0.2, 0) is 4.79 Å². The molecule has 1 fully saturated rings. The highest BCUT2D eigenvalue weighted by molar-refractivity contribution is 5.72. The van der Waals surface area contributed by atoms with Crippen LogP contribution in [0.25, 0.3) is 0 Å². The summed E-state index contributed by atoms with van der Waals surface area (Å²) in [7, 11) is 0. The minimum atomic E-state index is -1.65.